The van der Waals surface area contributed by atoms with Gasteiger partial charge >= 0.3 is 6.18 Å². The second-order valence-corrected chi connectivity index (χ2v) is 6.64. The smallest absolute Gasteiger partial charge is 0.357 e. The number of benzene rings is 2. The molecule has 0 amide bonds. The van der Waals surface area contributed by atoms with E-state index >= 15 is 0 Å². The van der Waals surface area contributed by atoms with E-state index in [9.17, 15) is 13.2 Å². The SMILES string of the molecule is CNc1nc(N/N=C/c2ccc(Cl)cc2Cl)nc(Nc2cccc(C(F)(F)F)c2)n1.Cl. The highest BCUT2D eigenvalue weighted by atomic mass is 35.5. The van der Waals surface area contributed by atoms with E-state index in [0.717, 1.165) is 12.1 Å². The summed E-state index contributed by atoms with van der Waals surface area (Å²) in [6.07, 6.45) is -3.02. The molecule has 0 saturated heterocycles. The Kier molecular flexibility index (Phi) is 8.26. The zero-order chi connectivity index (χ0) is 21.7. The van der Waals surface area contributed by atoms with Crippen LogP contribution in [0.1, 0.15) is 11.1 Å². The first kappa shape index (κ1) is 24.4. The average molecular weight is 493 g/mol. The maximum absolute atomic E-state index is 12.9. The van der Waals surface area contributed by atoms with Crippen molar-refractivity contribution in [2.24, 2.45) is 5.10 Å². The number of hydrogen-bond donors (Lipinski definition) is 3. The average Bonchev–Trinajstić information content (AvgIpc) is 2.69. The minimum Gasteiger partial charge on any atom is -0.357 e. The molecule has 0 aliphatic carbocycles. The van der Waals surface area contributed by atoms with Crippen LogP contribution in [0.3, 0.4) is 0 Å². The summed E-state index contributed by atoms with van der Waals surface area (Å²) in [6, 6.07) is 9.59. The van der Waals surface area contributed by atoms with Gasteiger partial charge in [-0.15, -0.1) is 12.4 Å². The number of aromatic nitrogens is 3. The fourth-order valence-corrected chi connectivity index (χ4v) is 2.72. The number of nitrogens with zero attached hydrogens (tertiary/aromatic N) is 4. The molecule has 3 aromatic rings. The van der Waals surface area contributed by atoms with E-state index < -0.39 is 11.7 Å². The van der Waals surface area contributed by atoms with Crippen LogP contribution in [0.2, 0.25) is 10.0 Å². The molecule has 0 spiro atoms. The third-order valence-electron chi connectivity index (χ3n) is 3.64. The number of rotatable bonds is 6. The normalized spacial score (nSPS) is 11.2. The van der Waals surface area contributed by atoms with Crippen molar-refractivity contribution in [2.75, 3.05) is 23.1 Å². The van der Waals surface area contributed by atoms with Crippen LogP contribution in [0.25, 0.3) is 0 Å². The van der Waals surface area contributed by atoms with E-state index in [1.807, 2.05) is 0 Å². The minimum absolute atomic E-state index is 0. The number of alkyl halides is 3. The van der Waals surface area contributed by atoms with Gasteiger partial charge in [0.2, 0.25) is 17.8 Å². The molecule has 31 heavy (non-hydrogen) atoms. The lowest BCUT2D eigenvalue weighted by Crippen LogP contribution is -2.08. The number of anilines is 4. The van der Waals surface area contributed by atoms with Crippen LogP contribution >= 0.6 is 35.6 Å². The van der Waals surface area contributed by atoms with Crippen LogP contribution < -0.4 is 16.1 Å². The molecule has 0 aliphatic heterocycles. The Morgan fingerprint density at radius 3 is 2.35 bits per heavy atom. The first-order chi connectivity index (χ1) is 14.2. The summed E-state index contributed by atoms with van der Waals surface area (Å²) in [7, 11) is 1.59. The van der Waals surface area contributed by atoms with Gasteiger partial charge < -0.3 is 10.6 Å². The molecule has 0 fully saturated rings. The van der Waals surface area contributed by atoms with Gasteiger partial charge in [-0.3, -0.25) is 0 Å². The molecule has 0 radical (unpaired) electrons. The molecule has 3 rings (SSSR count). The topological polar surface area (TPSA) is 87.1 Å². The summed E-state index contributed by atoms with van der Waals surface area (Å²) >= 11 is 11.9. The van der Waals surface area contributed by atoms with E-state index in [1.54, 1.807) is 25.2 Å². The van der Waals surface area contributed by atoms with Crippen LogP contribution in [0.5, 0.6) is 0 Å². The van der Waals surface area contributed by atoms with Gasteiger partial charge in [-0.1, -0.05) is 35.3 Å². The number of hydrogen-bond acceptors (Lipinski definition) is 7. The lowest BCUT2D eigenvalue weighted by Gasteiger charge is -2.11. The van der Waals surface area contributed by atoms with Crippen molar-refractivity contribution in [3.63, 3.8) is 0 Å². The second kappa shape index (κ2) is 10.5. The summed E-state index contributed by atoms with van der Waals surface area (Å²) in [4.78, 5) is 12.3. The van der Waals surface area contributed by atoms with Gasteiger partial charge in [0.25, 0.3) is 0 Å². The van der Waals surface area contributed by atoms with E-state index in [-0.39, 0.29) is 35.9 Å². The zero-order valence-electron chi connectivity index (χ0n) is 15.7. The predicted octanol–water partition coefficient (Wildman–Crippen LogP) is 5.85. The van der Waals surface area contributed by atoms with Crippen LogP contribution in [-0.4, -0.2) is 28.2 Å². The summed E-state index contributed by atoms with van der Waals surface area (Å²) in [5.74, 6) is 0.266. The maximum atomic E-state index is 12.9. The second-order valence-electron chi connectivity index (χ2n) is 5.80. The summed E-state index contributed by atoms with van der Waals surface area (Å²) in [5.41, 5.74) is 2.61. The maximum Gasteiger partial charge on any atom is 0.416 e. The highest BCUT2D eigenvalue weighted by Crippen LogP contribution is 2.31. The van der Waals surface area contributed by atoms with Crippen molar-refractivity contribution in [2.45, 2.75) is 6.18 Å². The molecule has 0 aliphatic rings. The Hall–Kier alpha value is -2.82. The van der Waals surface area contributed by atoms with Gasteiger partial charge in [0.05, 0.1) is 16.8 Å². The number of nitrogens with one attached hydrogen (secondary N) is 3. The molecule has 0 saturated carbocycles. The van der Waals surface area contributed by atoms with Gasteiger partial charge in [-0.05, 0) is 30.3 Å². The largest absolute Gasteiger partial charge is 0.416 e. The third kappa shape index (κ3) is 6.84. The van der Waals surface area contributed by atoms with Crippen molar-refractivity contribution >= 4 is 65.4 Å². The molecule has 3 N–H and O–H groups in total. The summed E-state index contributed by atoms with van der Waals surface area (Å²) < 4.78 is 38.7. The monoisotopic (exact) mass is 491 g/mol. The third-order valence-corrected chi connectivity index (χ3v) is 4.20. The number of halogens is 6. The zero-order valence-corrected chi connectivity index (χ0v) is 18.0. The minimum atomic E-state index is -4.46. The van der Waals surface area contributed by atoms with Crippen molar-refractivity contribution in [3.8, 4) is 0 Å². The van der Waals surface area contributed by atoms with Crippen molar-refractivity contribution in [1.82, 2.24) is 15.0 Å². The molecule has 13 heteroatoms. The number of hydrazone groups is 1. The fraction of sp³-hybridized carbons (Fsp3) is 0.111. The molecular formula is C18H15Cl3F3N7. The van der Waals surface area contributed by atoms with E-state index in [4.69, 9.17) is 23.2 Å². The Morgan fingerprint density at radius 2 is 1.68 bits per heavy atom. The molecule has 0 unspecified atom stereocenters. The van der Waals surface area contributed by atoms with E-state index in [2.05, 4.69) is 36.1 Å². The molecular weight excluding hydrogens is 478 g/mol. The lowest BCUT2D eigenvalue weighted by molar-refractivity contribution is -0.137. The van der Waals surface area contributed by atoms with Crippen molar-refractivity contribution in [1.29, 1.82) is 0 Å². The van der Waals surface area contributed by atoms with E-state index in [0.29, 0.717) is 15.6 Å². The van der Waals surface area contributed by atoms with Gasteiger partial charge in [0.15, 0.2) is 0 Å². The Labute approximate surface area is 191 Å². The fourth-order valence-electron chi connectivity index (χ4n) is 2.26. The predicted molar refractivity (Wildman–Crippen MR) is 119 cm³/mol. The van der Waals surface area contributed by atoms with Gasteiger partial charge in [0, 0.05) is 23.3 Å². The van der Waals surface area contributed by atoms with Crippen LogP contribution in [0.15, 0.2) is 47.6 Å². The quantitative estimate of drug-likeness (QED) is 0.296. The summed E-state index contributed by atoms with van der Waals surface area (Å²) in [5, 5.41) is 10.4. The highest BCUT2D eigenvalue weighted by Gasteiger charge is 2.30. The Bertz CT molecular complexity index is 1080. The van der Waals surface area contributed by atoms with Crippen LogP contribution in [-0.2, 0) is 6.18 Å². The lowest BCUT2D eigenvalue weighted by atomic mass is 10.2. The van der Waals surface area contributed by atoms with E-state index in [1.165, 1.54) is 18.3 Å². The molecule has 1 aromatic heterocycles. The summed E-state index contributed by atoms with van der Waals surface area (Å²) in [6.45, 7) is 0. The molecule has 7 nitrogen and oxygen atoms in total. The van der Waals surface area contributed by atoms with Crippen molar-refractivity contribution < 1.29 is 13.2 Å². The standard InChI is InChI=1S/C18H14Cl2F3N7.ClH/c1-24-15-27-16(26-13-4-2-3-11(7-13)18(21,22)23)29-17(28-15)30-25-9-10-5-6-12(19)8-14(10)20;/h2-9H,1H3,(H3,24,26,27,28,29,30);1H/b25-9+;. The van der Waals surface area contributed by atoms with Crippen LogP contribution in [0.4, 0.5) is 36.7 Å². The highest BCUT2D eigenvalue weighted by molar-refractivity contribution is 6.36. The van der Waals surface area contributed by atoms with Gasteiger partial charge in [0.1, 0.15) is 0 Å². The first-order valence-electron chi connectivity index (χ1n) is 8.37. The van der Waals surface area contributed by atoms with Crippen molar-refractivity contribution in [3.05, 3.63) is 63.6 Å². The van der Waals surface area contributed by atoms with Gasteiger partial charge in [-0.2, -0.15) is 33.2 Å². The molecule has 2 aromatic carbocycles. The Morgan fingerprint density at radius 1 is 0.968 bits per heavy atom. The van der Waals surface area contributed by atoms with Gasteiger partial charge in [-0.25, -0.2) is 5.43 Å². The Balaban J connectivity index is 0.00000341. The van der Waals surface area contributed by atoms with Crippen LogP contribution in [0, 0.1) is 0 Å². The first-order valence-corrected chi connectivity index (χ1v) is 9.12. The molecule has 1 heterocycles. The molecule has 0 bridgehead atoms. The molecule has 164 valence electrons. The molecule has 0 atom stereocenters.